The molecule has 2 saturated heterocycles. The summed E-state index contributed by atoms with van der Waals surface area (Å²) < 4.78 is 56.5. The van der Waals surface area contributed by atoms with Gasteiger partial charge >= 0.3 is 0 Å². The average Bonchev–Trinajstić information content (AvgIpc) is 3.12. The molecule has 0 saturated carbocycles. The first-order chi connectivity index (χ1) is 17.7. The fourth-order valence-corrected chi connectivity index (χ4v) is 7.06. The van der Waals surface area contributed by atoms with E-state index in [1.54, 1.807) is 30.0 Å². The summed E-state index contributed by atoms with van der Waals surface area (Å²) in [5.41, 5.74) is 1.06. The third kappa shape index (κ3) is 4.91. The highest BCUT2D eigenvalue weighted by molar-refractivity contribution is 7.89. The molecule has 0 aromatic heterocycles. The number of halogens is 2. The second-order valence-electron chi connectivity index (χ2n) is 9.75. The first-order valence-corrected chi connectivity index (χ1v) is 13.8. The van der Waals surface area contributed by atoms with Crippen molar-refractivity contribution in [2.45, 2.75) is 49.3 Å². The summed E-state index contributed by atoms with van der Waals surface area (Å²) in [4.78, 5) is 15.3. The minimum atomic E-state index is -3.92. The molecule has 2 fully saturated rings. The first-order valence-electron chi connectivity index (χ1n) is 12.3. The summed E-state index contributed by atoms with van der Waals surface area (Å²) in [5, 5.41) is 3.50. The van der Waals surface area contributed by atoms with Crippen LogP contribution < -0.4 is 5.32 Å². The van der Waals surface area contributed by atoms with E-state index >= 15 is 0 Å². The van der Waals surface area contributed by atoms with Crippen LogP contribution in [0.1, 0.15) is 29.5 Å². The van der Waals surface area contributed by atoms with Crippen molar-refractivity contribution < 1.29 is 22.0 Å². The van der Waals surface area contributed by atoms with Crippen LogP contribution in [-0.2, 0) is 27.8 Å². The van der Waals surface area contributed by atoms with Gasteiger partial charge in [-0.1, -0.05) is 54.6 Å². The predicted octanol–water partition coefficient (Wildman–Crippen LogP) is 4.00. The number of hydrogen-bond acceptors (Lipinski definition) is 4. The number of piperidine rings is 1. The Bertz CT molecular complexity index is 1410. The number of sulfonamides is 1. The van der Waals surface area contributed by atoms with Crippen LogP contribution in [0.25, 0.3) is 0 Å². The zero-order valence-corrected chi connectivity index (χ0v) is 21.3. The molecule has 1 unspecified atom stereocenters. The zero-order valence-electron chi connectivity index (χ0n) is 20.5. The summed E-state index contributed by atoms with van der Waals surface area (Å²) in [6, 6.07) is 19.3. The second kappa shape index (κ2) is 9.96. The van der Waals surface area contributed by atoms with E-state index in [0.29, 0.717) is 30.4 Å². The van der Waals surface area contributed by atoms with Crippen molar-refractivity contribution in [1.82, 2.24) is 14.5 Å². The minimum Gasteiger partial charge on any atom is -0.319 e. The molecule has 5 rings (SSSR count). The lowest BCUT2D eigenvalue weighted by molar-refractivity contribution is -0.134. The van der Waals surface area contributed by atoms with E-state index in [2.05, 4.69) is 5.32 Å². The SMILES string of the molecule is Cc1ccc(F)cc1S(=O)(=O)N1CCC2(CC1)NC(Cc1ccccc1)C(=O)N2Cc1ccccc1F. The van der Waals surface area contributed by atoms with E-state index in [4.69, 9.17) is 0 Å². The number of amides is 1. The Morgan fingerprint density at radius 1 is 0.973 bits per heavy atom. The third-order valence-electron chi connectivity index (χ3n) is 7.41. The van der Waals surface area contributed by atoms with Gasteiger partial charge in [0, 0.05) is 18.7 Å². The van der Waals surface area contributed by atoms with E-state index in [1.807, 2.05) is 30.3 Å². The molecular formula is C28H29F2N3O3S. The van der Waals surface area contributed by atoms with Gasteiger partial charge in [-0.25, -0.2) is 17.2 Å². The van der Waals surface area contributed by atoms with Crippen LogP contribution in [0.3, 0.4) is 0 Å². The molecule has 37 heavy (non-hydrogen) atoms. The highest BCUT2D eigenvalue weighted by Crippen LogP contribution is 2.37. The molecule has 1 spiro atoms. The summed E-state index contributed by atoms with van der Waals surface area (Å²) in [6.45, 7) is 2.01. The van der Waals surface area contributed by atoms with Crippen LogP contribution in [0, 0.1) is 18.6 Å². The molecule has 194 valence electrons. The Balaban J connectivity index is 1.42. The van der Waals surface area contributed by atoms with Gasteiger partial charge in [-0.2, -0.15) is 4.31 Å². The first kappa shape index (κ1) is 25.5. The average molecular weight is 526 g/mol. The van der Waals surface area contributed by atoms with Crippen molar-refractivity contribution in [1.29, 1.82) is 0 Å². The van der Waals surface area contributed by atoms with Gasteiger partial charge in [0.2, 0.25) is 15.9 Å². The lowest BCUT2D eigenvalue weighted by atomic mass is 9.96. The van der Waals surface area contributed by atoms with Gasteiger partial charge in [-0.3, -0.25) is 10.1 Å². The molecule has 0 radical (unpaired) electrons. The molecule has 3 aromatic carbocycles. The van der Waals surface area contributed by atoms with Gasteiger partial charge in [0.1, 0.15) is 11.6 Å². The maximum atomic E-state index is 14.6. The van der Waals surface area contributed by atoms with Gasteiger partial charge in [-0.15, -0.1) is 0 Å². The Morgan fingerprint density at radius 3 is 2.35 bits per heavy atom. The van der Waals surface area contributed by atoms with Crippen molar-refractivity contribution in [3.63, 3.8) is 0 Å². The molecule has 2 heterocycles. The molecule has 2 aliphatic heterocycles. The molecule has 1 N–H and O–H groups in total. The van der Waals surface area contributed by atoms with Crippen molar-refractivity contribution in [3.8, 4) is 0 Å². The highest BCUT2D eigenvalue weighted by Gasteiger charge is 2.52. The van der Waals surface area contributed by atoms with E-state index in [1.165, 1.54) is 22.5 Å². The largest absolute Gasteiger partial charge is 0.319 e. The fraction of sp³-hybridized carbons (Fsp3) is 0.321. The van der Waals surface area contributed by atoms with Crippen LogP contribution in [0.2, 0.25) is 0 Å². The third-order valence-corrected chi connectivity index (χ3v) is 9.45. The quantitative estimate of drug-likeness (QED) is 0.528. The molecular weight excluding hydrogens is 496 g/mol. The Kier molecular flexibility index (Phi) is 6.87. The predicted molar refractivity (Wildman–Crippen MR) is 136 cm³/mol. The fourth-order valence-electron chi connectivity index (χ4n) is 5.38. The minimum absolute atomic E-state index is 0.0518. The normalized spacial score (nSPS) is 20.0. The maximum absolute atomic E-state index is 14.6. The number of nitrogens with zero attached hydrogens (tertiary/aromatic N) is 2. The van der Waals surface area contributed by atoms with Gasteiger partial charge < -0.3 is 4.90 Å². The summed E-state index contributed by atoms with van der Waals surface area (Å²) in [5.74, 6) is -1.14. The summed E-state index contributed by atoms with van der Waals surface area (Å²) in [7, 11) is -3.92. The Labute approximate surface area is 216 Å². The van der Waals surface area contributed by atoms with E-state index < -0.39 is 33.4 Å². The molecule has 0 aliphatic carbocycles. The number of nitrogens with one attached hydrogen (secondary N) is 1. The Morgan fingerprint density at radius 2 is 1.65 bits per heavy atom. The van der Waals surface area contributed by atoms with Gasteiger partial charge in [0.05, 0.1) is 23.1 Å². The lowest BCUT2D eigenvalue weighted by Crippen LogP contribution is -2.59. The topological polar surface area (TPSA) is 69.7 Å². The van der Waals surface area contributed by atoms with Gasteiger partial charge in [-0.05, 0) is 55.5 Å². The number of carbonyl (C=O) groups is 1. The maximum Gasteiger partial charge on any atom is 0.243 e. The standard InChI is InChI=1S/C28H29F2N3O3S/c1-20-11-12-23(29)18-26(20)37(35,36)32-15-13-28(14-16-32)31-25(17-21-7-3-2-4-8-21)27(34)33(28)19-22-9-5-6-10-24(22)30/h2-12,18,25,31H,13-17,19H2,1H3. The molecule has 2 aliphatic rings. The second-order valence-corrected chi connectivity index (χ2v) is 11.7. The molecule has 3 aromatic rings. The summed E-state index contributed by atoms with van der Waals surface area (Å²) in [6.07, 6.45) is 1.12. The van der Waals surface area contributed by atoms with Crippen molar-refractivity contribution in [2.75, 3.05) is 13.1 Å². The monoisotopic (exact) mass is 525 g/mol. The zero-order chi connectivity index (χ0) is 26.2. The number of rotatable bonds is 6. The number of carbonyl (C=O) groups excluding carboxylic acids is 1. The molecule has 1 amide bonds. The van der Waals surface area contributed by atoms with Crippen molar-refractivity contribution in [2.24, 2.45) is 0 Å². The lowest BCUT2D eigenvalue weighted by Gasteiger charge is -2.44. The van der Waals surface area contributed by atoms with E-state index in [-0.39, 0.29) is 30.4 Å². The van der Waals surface area contributed by atoms with Crippen LogP contribution >= 0.6 is 0 Å². The van der Waals surface area contributed by atoms with Crippen LogP contribution in [0.4, 0.5) is 8.78 Å². The Hall–Kier alpha value is -3.14. The van der Waals surface area contributed by atoms with Crippen molar-refractivity contribution >= 4 is 15.9 Å². The van der Waals surface area contributed by atoms with Crippen molar-refractivity contribution in [3.05, 3.63) is 101 Å². The molecule has 0 bridgehead atoms. The number of hydrogen-bond donors (Lipinski definition) is 1. The number of aryl methyl sites for hydroxylation is 1. The van der Waals surface area contributed by atoms with Gasteiger partial charge in [0.25, 0.3) is 0 Å². The van der Waals surface area contributed by atoms with Crippen LogP contribution in [0.5, 0.6) is 0 Å². The molecule has 6 nitrogen and oxygen atoms in total. The number of benzene rings is 3. The van der Waals surface area contributed by atoms with E-state index in [9.17, 15) is 22.0 Å². The highest BCUT2D eigenvalue weighted by atomic mass is 32.2. The van der Waals surface area contributed by atoms with E-state index in [0.717, 1.165) is 11.6 Å². The smallest absolute Gasteiger partial charge is 0.243 e. The van der Waals surface area contributed by atoms with Gasteiger partial charge in [0.15, 0.2) is 0 Å². The molecule has 9 heteroatoms. The van der Waals surface area contributed by atoms with Crippen LogP contribution in [0.15, 0.2) is 77.7 Å². The summed E-state index contributed by atoms with van der Waals surface area (Å²) >= 11 is 0. The molecule has 1 atom stereocenters. The van der Waals surface area contributed by atoms with Crippen LogP contribution in [-0.4, -0.2) is 48.3 Å².